The fraction of sp³-hybridized carbons (Fsp3) is 0.0714. The zero-order valence-corrected chi connectivity index (χ0v) is 13.2. The Balaban J connectivity index is 2.67. The standard InChI is InChI=1S/C14H8Cl4O2/c1-20-10-4-2-3-7(15)11(10)14(19)12-8(16)5-6-9(17)13(12)18/h2-6H,1H3. The summed E-state index contributed by atoms with van der Waals surface area (Å²) in [6.07, 6.45) is 0. The van der Waals surface area contributed by atoms with Crippen molar-refractivity contribution in [3.63, 3.8) is 0 Å². The summed E-state index contributed by atoms with van der Waals surface area (Å²) in [6.45, 7) is 0. The van der Waals surface area contributed by atoms with E-state index in [4.69, 9.17) is 51.1 Å². The highest BCUT2D eigenvalue weighted by Gasteiger charge is 2.24. The highest BCUT2D eigenvalue weighted by molar-refractivity contribution is 6.47. The maximum Gasteiger partial charge on any atom is 0.201 e. The Morgan fingerprint density at radius 3 is 2.15 bits per heavy atom. The Morgan fingerprint density at radius 2 is 1.50 bits per heavy atom. The molecule has 0 fully saturated rings. The molecular weight excluding hydrogens is 342 g/mol. The molecule has 2 aromatic rings. The molecule has 0 unspecified atom stereocenters. The van der Waals surface area contributed by atoms with Gasteiger partial charge in [-0.3, -0.25) is 4.79 Å². The molecule has 0 saturated carbocycles. The van der Waals surface area contributed by atoms with E-state index < -0.39 is 5.78 Å². The molecule has 0 heterocycles. The molecule has 2 nitrogen and oxygen atoms in total. The number of ketones is 1. The van der Waals surface area contributed by atoms with Gasteiger partial charge in [-0.1, -0.05) is 52.5 Å². The van der Waals surface area contributed by atoms with E-state index in [2.05, 4.69) is 0 Å². The van der Waals surface area contributed by atoms with Gasteiger partial charge in [0.25, 0.3) is 0 Å². The Kier molecular flexibility index (Phi) is 4.82. The van der Waals surface area contributed by atoms with Gasteiger partial charge >= 0.3 is 0 Å². The van der Waals surface area contributed by atoms with E-state index in [-0.39, 0.29) is 31.2 Å². The second-order valence-electron chi connectivity index (χ2n) is 3.86. The maximum atomic E-state index is 12.6. The van der Waals surface area contributed by atoms with Crippen molar-refractivity contribution in [3.8, 4) is 5.75 Å². The predicted octanol–water partition coefficient (Wildman–Crippen LogP) is 5.54. The van der Waals surface area contributed by atoms with Crippen molar-refractivity contribution >= 4 is 52.2 Å². The topological polar surface area (TPSA) is 26.3 Å². The quantitative estimate of drug-likeness (QED) is 0.537. The number of ether oxygens (including phenoxy) is 1. The van der Waals surface area contributed by atoms with Crippen LogP contribution in [-0.4, -0.2) is 12.9 Å². The molecule has 0 saturated heterocycles. The first-order valence-electron chi connectivity index (χ1n) is 5.48. The van der Waals surface area contributed by atoms with Crippen LogP contribution in [0.15, 0.2) is 30.3 Å². The molecule has 104 valence electrons. The summed E-state index contributed by atoms with van der Waals surface area (Å²) in [4.78, 5) is 12.6. The number of benzene rings is 2. The van der Waals surface area contributed by atoms with Gasteiger partial charge in [0.15, 0.2) is 0 Å². The van der Waals surface area contributed by atoms with Crippen molar-refractivity contribution in [2.75, 3.05) is 7.11 Å². The lowest BCUT2D eigenvalue weighted by Gasteiger charge is -2.12. The number of hydrogen-bond acceptors (Lipinski definition) is 2. The molecular formula is C14H8Cl4O2. The first-order chi connectivity index (χ1) is 9.47. The summed E-state index contributed by atoms with van der Waals surface area (Å²) in [6, 6.07) is 7.92. The van der Waals surface area contributed by atoms with E-state index in [1.165, 1.54) is 19.2 Å². The summed E-state index contributed by atoms with van der Waals surface area (Å²) < 4.78 is 5.15. The third-order valence-corrected chi connectivity index (χ3v) is 4.13. The van der Waals surface area contributed by atoms with Gasteiger partial charge in [-0.25, -0.2) is 0 Å². The third kappa shape index (κ3) is 2.75. The molecule has 2 rings (SSSR count). The SMILES string of the molecule is COc1cccc(Cl)c1C(=O)c1c(Cl)ccc(Cl)c1Cl. The number of halogens is 4. The zero-order valence-electron chi connectivity index (χ0n) is 10.2. The fourth-order valence-electron chi connectivity index (χ4n) is 1.76. The van der Waals surface area contributed by atoms with Crippen LogP contribution in [0.4, 0.5) is 0 Å². The van der Waals surface area contributed by atoms with Crippen LogP contribution >= 0.6 is 46.4 Å². The van der Waals surface area contributed by atoms with Crippen LogP contribution in [0.1, 0.15) is 15.9 Å². The van der Waals surface area contributed by atoms with E-state index in [1.54, 1.807) is 18.2 Å². The van der Waals surface area contributed by atoms with Crippen molar-refractivity contribution in [2.24, 2.45) is 0 Å². The van der Waals surface area contributed by atoms with Crippen LogP contribution < -0.4 is 4.74 Å². The molecule has 0 aliphatic heterocycles. The van der Waals surface area contributed by atoms with Crippen molar-refractivity contribution in [3.05, 3.63) is 61.5 Å². The summed E-state index contributed by atoms with van der Waals surface area (Å²) in [5.74, 6) is -0.0976. The number of hydrogen-bond donors (Lipinski definition) is 0. The fourth-order valence-corrected chi connectivity index (χ4v) is 2.71. The van der Waals surface area contributed by atoms with Gasteiger partial charge in [0.2, 0.25) is 5.78 Å². The van der Waals surface area contributed by atoms with E-state index in [0.29, 0.717) is 5.75 Å². The average Bonchev–Trinajstić information content (AvgIpc) is 2.42. The number of carbonyl (C=O) groups is 1. The van der Waals surface area contributed by atoms with Gasteiger partial charge in [0.1, 0.15) is 5.75 Å². The van der Waals surface area contributed by atoms with Crippen LogP contribution in [-0.2, 0) is 0 Å². The van der Waals surface area contributed by atoms with Crippen LogP contribution in [0.2, 0.25) is 20.1 Å². The molecule has 0 N–H and O–H groups in total. The Bertz CT molecular complexity index is 683. The van der Waals surface area contributed by atoms with Crippen molar-refractivity contribution < 1.29 is 9.53 Å². The van der Waals surface area contributed by atoms with Gasteiger partial charge in [-0.15, -0.1) is 0 Å². The van der Waals surface area contributed by atoms with Crippen molar-refractivity contribution in [1.29, 1.82) is 0 Å². The monoisotopic (exact) mass is 348 g/mol. The Labute approximate surface area is 136 Å². The lowest BCUT2D eigenvalue weighted by atomic mass is 10.0. The van der Waals surface area contributed by atoms with Gasteiger partial charge in [0.05, 0.1) is 38.3 Å². The molecule has 2 aromatic carbocycles. The molecule has 0 aliphatic carbocycles. The molecule has 0 amide bonds. The third-order valence-electron chi connectivity index (χ3n) is 2.69. The summed E-state index contributed by atoms with van der Waals surface area (Å²) in [5.41, 5.74) is 0.301. The largest absolute Gasteiger partial charge is 0.496 e. The molecule has 0 atom stereocenters. The summed E-state index contributed by atoms with van der Waals surface area (Å²) >= 11 is 24.1. The molecule has 6 heteroatoms. The molecule has 0 bridgehead atoms. The highest BCUT2D eigenvalue weighted by Crippen LogP contribution is 2.36. The normalized spacial score (nSPS) is 10.4. The van der Waals surface area contributed by atoms with Crippen LogP contribution in [0.3, 0.4) is 0 Å². The molecule has 20 heavy (non-hydrogen) atoms. The smallest absolute Gasteiger partial charge is 0.201 e. The van der Waals surface area contributed by atoms with Crippen molar-refractivity contribution in [2.45, 2.75) is 0 Å². The average molecular weight is 350 g/mol. The Hall–Kier alpha value is -0.930. The second-order valence-corrected chi connectivity index (χ2v) is 5.46. The molecule has 0 spiro atoms. The maximum absolute atomic E-state index is 12.6. The number of methoxy groups -OCH3 is 1. The van der Waals surface area contributed by atoms with Gasteiger partial charge < -0.3 is 4.74 Å². The van der Waals surface area contributed by atoms with E-state index in [1.807, 2.05) is 0 Å². The molecule has 0 radical (unpaired) electrons. The molecule has 0 aliphatic rings. The van der Waals surface area contributed by atoms with Crippen LogP contribution in [0.25, 0.3) is 0 Å². The summed E-state index contributed by atoms with van der Waals surface area (Å²) in [5, 5.41) is 0.782. The lowest BCUT2D eigenvalue weighted by molar-refractivity contribution is 0.103. The predicted molar refractivity (Wildman–Crippen MR) is 82.9 cm³/mol. The zero-order chi connectivity index (χ0) is 14.9. The summed E-state index contributed by atoms with van der Waals surface area (Å²) in [7, 11) is 1.45. The number of carbonyl (C=O) groups excluding carboxylic acids is 1. The first-order valence-corrected chi connectivity index (χ1v) is 6.99. The minimum absolute atomic E-state index is 0.0890. The van der Waals surface area contributed by atoms with Crippen LogP contribution in [0, 0.1) is 0 Å². The lowest BCUT2D eigenvalue weighted by Crippen LogP contribution is -2.06. The van der Waals surface area contributed by atoms with Crippen molar-refractivity contribution in [1.82, 2.24) is 0 Å². The minimum atomic E-state index is -0.440. The van der Waals surface area contributed by atoms with E-state index in [9.17, 15) is 4.79 Å². The molecule has 0 aromatic heterocycles. The first kappa shape index (κ1) is 15.5. The van der Waals surface area contributed by atoms with E-state index >= 15 is 0 Å². The minimum Gasteiger partial charge on any atom is -0.496 e. The Morgan fingerprint density at radius 1 is 0.900 bits per heavy atom. The van der Waals surface area contributed by atoms with Gasteiger partial charge in [0, 0.05) is 0 Å². The van der Waals surface area contributed by atoms with Gasteiger partial charge in [-0.05, 0) is 24.3 Å². The second kappa shape index (κ2) is 6.23. The van der Waals surface area contributed by atoms with Crippen LogP contribution in [0.5, 0.6) is 5.75 Å². The number of rotatable bonds is 3. The van der Waals surface area contributed by atoms with Gasteiger partial charge in [-0.2, -0.15) is 0 Å². The highest BCUT2D eigenvalue weighted by atomic mass is 35.5. The van der Waals surface area contributed by atoms with E-state index in [0.717, 1.165) is 0 Å².